The van der Waals surface area contributed by atoms with E-state index < -0.39 is 0 Å². The summed E-state index contributed by atoms with van der Waals surface area (Å²) >= 11 is 1.74. The molecule has 7 heteroatoms. The third kappa shape index (κ3) is 20.2. The van der Waals surface area contributed by atoms with E-state index in [0.717, 1.165) is 64.8 Å². The summed E-state index contributed by atoms with van der Waals surface area (Å²) in [5.74, 6) is 0.674. The normalized spacial score (nSPS) is 11.9. The number of aromatic nitrogens is 2. The number of nitrogens with one attached hydrogen (secondary N) is 1. The number of fused-ring (bicyclic) bond motifs is 3. The lowest BCUT2D eigenvalue weighted by Gasteiger charge is -2.25. The van der Waals surface area contributed by atoms with E-state index in [1.54, 1.807) is 11.3 Å². The third-order valence-electron chi connectivity index (χ3n) is 11.4. The monoisotopic (exact) mass is 778 g/mol. The Morgan fingerprint density at radius 2 is 1.05 bits per heavy atom. The van der Waals surface area contributed by atoms with E-state index >= 15 is 0 Å². The molecule has 55 heavy (non-hydrogen) atoms. The van der Waals surface area contributed by atoms with Crippen LogP contribution in [0.2, 0.25) is 0 Å². The molecule has 312 valence electrons. The molecule has 1 N–H and O–H groups in total. The average Bonchev–Trinajstić information content (AvgIpc) is 3.63. The smallest absolute Gasteiger partial charge is 0.225 e. The maximum Gasteiger partial charge on any atom is 0.225 e. The van der Waals surface area contributed by atoms with Crippen molar-refractivity contribution in [2.24, 2.45) is 0 Å². The quantitative estimate of drug-likeness (QED) is 0.0596. The van der Waals surface area contributed by atoms with Gasteiger partial charge in [-0.2, -0.15) is 0 Å². The number of pyridine rings is 1. The standard InChI is InChI=1S/C48H83N5OS/c1-5-9-11-13-15-17-19-21-23-29-37-52(8-4)40-32-41-53(38-30-24-22-20-18-16-14-12-10-6-2)39-31-25-26-36-44(54)50-48-46-47(55-45(51-46)33-7-3)42-34-27-28-35-43(42)49-48/h27-28,34-35H,5-26,29-33,36-41H2,1-4H3,(H,49,50,54). The van der Waals surface area contributed by atoms with Gasteiger partial charge in [-0.25, -0.2) is 9.97 Å². The molecule has 2 aromatic heterocycles. The van der Waals surface area contributed by atoms with Crippen LogP contribution in [-0.2, 0) is 11.2 Å². The van der Waals surface area contributed by atoms with Crippen LogP contribution < -0.4 is 5.32 Å². The highest BCUT2D eigenvalue weighted by atomic mass is 32.1. The first-order valence-electron chi connectivity index (χ1n) is 23.5. The number of rotatable bonds is 36. The molecular formula is C48H83N5OS. The van der Waals surface area contributed by atoms with E-state index in [0.29, 0.717) is 12.2 Å². The molecule has 0 unspecified atom stereocenters. The molecule has 1 amide bonds. The number of hydrogen-bond donors (Lipinski definition) is 1. The SMILES string of the molecule is CCCCCCCCCCCCN(CC)CCCN(CCCCCCCCCCCC)CCCCCC(=O)Nc1nc2ccccc2c2sc(CCC)nc12. The topological polar surface area (TPSA) is 61.4 Å². The van der Waals surface area contributed by atoms with Crippen molar-refractivity contribution in [3.05, 3.63) is 29.3 Å². The summed E-state index contributed by atoms with van der Waals surface area (Å²) in [6.45, 7) is 16.3. The second kappa shape index (κ2) is 31.0. The van der Waals surface area contributed by atoms with Gasteiger partial charge in [0.1, 0.15) is 5.52 Å². The van der Waals surface area contributed by atoms with Gasteiger partial charge in [0.25, 0.3) is 0 Å². The Bertz CT molecular complexity index is 1390. The van der Waals surface area contributed by atoms with Crippen LogP contribution in [0.5, 0.6) is 0 Å². The third-order valence-corrected chi connectivity index (χ3v) is 12.6. The number of para-hydroxylation sites is 1. The molecule has 0 saturated carbocycles. The second-order valence-electron chi connectivity index (χ2n) is 16.4. The molecule has 0 aliphatic heterocycles. The predicted molar refractivity (Wildman–Crippen MR) is 243 cm³/mol. The fourth-order valence-corrected chi connectivity index (χ4v) is 9.17. The van der Waals surface area contributed by atoms with Gasteiger partial charge in [-0.05, 0) is 90.3 Å². The summed E-state index contributed by atoms with van der Waals surface area (Å²) in [5, 5.41) is 5.39. The molecule has 0 fully saturated rings. The summed E-state index contributed by atoms with van der Waals surface area (Å²) < 4.78 is 1.13. The molecule has 0 radical (unpaired) electrons. The number of hydrogen-bond acceptors (Lipinski definition) is 6. The maximum absolute atomic E-state index is 13.2. The van der Waals surface area contributed by atoms with Gasteiger partial charge in [-0.1, -0.05) is 168 Å². The number of aryl methyl sites for hydroxylation is 1. The Labute approximate surface area is 342 Å². The van der Waals surface area contributed by atoms with Crippen LogP contribution in [0.4, 0.5) is 5.82 Å². The first kappa shape index (κ1) is 47.3. The lowest BCUT2D eigenvalue weighted by molar-refractivity contribution is -0.116. The Hall–Kier alpha value is -2.09. The minimum absolute atomic E-state index is 0.0541. The van der Waals surface area contributed by atoms with Gasteiger partial charge in [0, 0.05) is 11.8 Å². The Kier molecular flexibility index (Phi) is 26.6. The zero-order chi connectivity index (χ0) is 39.2. The van der Waals surface area contributed by atoms with Crippen molar-refractivity contribution in [1.82, 2.24) is 19.8 Å². The van der Waals surface area contributed by atoms with Gasteiger partial charge in [0.2, 0.25) is 5.91 Å². The molecular weight excluding hydrogens is 695 g/mol. The highest BCUT2D eigenvalue weighted by Gasteiger charge is 2.16. The van der Waals surface area contributed by atoms with E-state index in [-0.39, 0.29) is 5.91 Å². The molecule has 0 saturated heterocycles. The largest absolute Gasteiger partial charge is 0.309 e. The second-order valence-corrected chi connectivity index (χ2v) is 17.4. The number of thiazole rings is 1. The molecule has 3 rings (SSSR count). The summed E-state index contributed by atoms with van der Waals surface area (Å²) in [7, 11) is 0. The molecule has 0 atom stereocenters. The fraction of sp³-hybridized carbons (Fsp3) is 0.771. The average molecular weight is 778 g/mol. The van der Waals surface area contributed by atoms with Crippen LogP contribution in [0.3, 0.4) is 0 Å². The van der Waals surface area contributed by atoms with Crippen LogP contribution in [0.1, 0.15) is 200 Å². The number of anilines is 1. The van der Waals surface area contributed by atoms with Crippen molar-refractivity contribution >= 4 is 44.2 Å². The van der Waals surface area contributed by atoms with Crippen molar-refractivity contribution < 1.29 is 4.79 Å². The molecule has 2 heterocycles. The van der Waals surface area contributed by atoms with Crippen LogP contribution in [-0.4, -0.2) is 64.9 Å². The van der Waals surface area contributed by atoms with E-state index in [9.17, 15) is 4.79 Å². The molecule has 3 aromatic rings. The van der Waals surface area contributed by atoms with Crippen LogP contribution in [0.15, 0.2) is 24.3 Å². The van der Waals surface area contributed by atoms with Gasteiger partial charge in [-0.15, -0.1) is 11.3 Å². The van der Waals surface area contributed by atoms with E-state index in [1.165, 1.54) is 168 Å². The molecule has 0 bridgehead atoms. The summed E-state index contributed by atoms with van der Waals surface area (Å²) in [5.41, 5.74) is 1.76. The fourth-order valence-electron chi connectivity index (χ4n) is 7.97. The predicted octanol–water partition coefficient (Wildman–Crippen LogP) is 14.2. The van der Waals surface area contributed by atoms with Crippen molar-refractivity contribution in [2.45, 2.75) is 201 Å². The minimum atomic E-state index is 0.0541. The molecule has 0 spiro atoms. The Balaban J connectivity index is 1.38. The number of nitrogens with zero attached hydrogens (tertiary/aromatic N) is 4. The lowest BCUT2D eigenvalue weighted by Crippen LogP contribution is -2.32. The first-order valence-corrected chi connectivity index (χ1v) is 24.3. The number of carbonyl (C=O) groups is 1. The lowest BCUT2D eigenvalue weighted by atomic mass is 10.1. The minimum Gasteiger partial charge on any atom is -0.309 e. The number of amides is 1. The van der Waals surface area contributed by atoms with Crippen molar-refractivity contribution in [3.63, 3.8) is 0 Å². The number of unbranched alkanes of at least 4 members (excludes halogenated alkanes) is 20. The molecule has 0 aliphatic carbocycles. The van der Waals surface area contributed by atoms with Gasteiger partial charge < -0.3 is 15.1 Å². The van der Waals surface area contributed by atoms with Crippen LogP contribution in [0.25, 0.3) is 21.1 Å². The maximum atomic E-state index is 13.2. The molecule has 0 aliphatic rings. The van der Waals surface area contributed by atoms with Gasteiger partial charge in [0.05, 0.1) is 15.2 Å². The summed E-state index contributed by atoms with van der Waals surface area (Å²) in [4.78, 5) is 28.3. The number of benzene rings is 1. The zero-order valence-corrected chi connectivity index (χ0v) is 37.1. The Morgan fingerprint density at radius 1 is 0.564 bits per heavy atom. The van der Waals surface area contributed by atoms with E-state index in [1.807, 2.05) is 12.1 Å². The molecule has 1 aromatic carbocycles. The summed E-state index contributed by atoms with van der Waals surface area (Å²) in [6, 6.07) is 8.21. The highest BCUT2D eigenvalue weighted by molar-refractivity contribution is 7.19. The van der Waals surface area contributed by atoms with Gasteiger partial charge in [0.15, 0.2) is 5.82 Å². The van der Waals surface area contributed by atoms with Crippen molar-refractivity contribution in [1.29, 1.82) is 0 Å². The van der Waals surface area contributed by atoms with Gasteiger partial charge >= 0.3 is 0 Å². The highest BCUT2D eigenvalue weighted by Crippen LogP contribution is 2.34. The van der Waals surface area contributed by atoms with Crippen molar-refractivity contribution in [3.8, 4) is 0 Å². The van der Waals surface area contributed by atoms with Gasteiger partial charge in [-0.3, -0.25) is 4.79 Å². The Morgan fingerprint density at radius 3 is 1.62 bits per heavy atom. The van der Waals surface area contributed by atoms with Crippen LogP contribution >= 0.6 is 11.3 Å². The van der Waals surface area contributed by atoms with Crippen molar-refractivity contribution in [2.75, 3.05) is 44.6 Å². The van der Waals surface area contributed by atoms with E-state index in [2.05, 4.69) is 54.9 Å². The summed E-state index contributed by atoms with van der Waals surface area (Å²) in [6.07, 6.45) is 34.9. The first-order chi connectivity index (χ1) is 27.1. The van der Waals surface area contributed by atoms with E-state index in [4.69, 9.17) is 9.97 Å². The zero-order valence-electron chi connectivity index (χ0n) is 36.2. The number of carbonyl (C=O) groups excluding carboxylic acids is 1. The molecule has 6 nitrogen and oxygen atoms in total. The van der Waals surface area contributed by atoms with Crippen LogP contribution in [0, 0.1) is 0 Å².